The molecule has 0 amide bonds. The Labute approximate surface area is 141 Å². The summed E-state index contributed by atoms with van der Waals surface area (Å²) in [5.41, 5.74) is 0.982. The van der Waals surface area contributed by atoms with Crippen molar-refractivity contribution in [1.82, 2.24) is 4.98 Å². The van der Waals surface area contributed by atoms with Gasteiger partial charge in [-0.3, -0.25) is 0 Å². The summed E-state index contributed by atoms with van der Waals surface area (Å²) in [6, 6.07) is 10.8. The van der Waals surface area contributed by atoms with Crippen molar-refractivity contribution < 1.29 is 18.3 Å². The van der Waals surface area contributed by atoms with Crippen LogP contribution in [0.2, 0.25) is 0 Å². The van der Waals surface area contributed by atoms with Crippen LogP contribution in [-0.2, 0) is 9.53 Å². The van der Waals surface area contributed by atoms with E-state index in [1.54, 1.807) is 6.08 Å². The standard InChI is InChI=1S/C18H13F2NO2S/c1-11(13-7-6-12(19)10-14(13)20)23-18(22)9-8-17-21-15-4-2-3-5-16(15)24-17/h2-11H,1H3/b9-8+. The largest absolute Gasteiger partial charge is 0.455 e. The number of hydrogen-bond acceptors (Lipinski definition) is 4. The first-order chi connectivity index (χ1) is 11.5. The number of aromatic nitrogens is 1. The third-order valence-electron chi connectivity index (χ3n) is 3.37. The van der Waals surface area contributed by atoms with Gasteiger partial charge in [-0.15, -0.1) is 11.3 Å². The van der Waals surface area contributed by atoms with Gasteiger partial charge >= 0.3 is 5.97 Å². The van der Waals surface area contributed by atoms with Crippen LogP contribution in [0.1, 0.15) is 23.6 Å². The minimum Gasteiger partial charge on any atom is -0.455 e. The molecule has 0 radical (unpaired) electrons. The Morgan fingerprint density at radius 2 is 2.04 bits per heavy atom. The molecule has 122 valence electrons. The third-order valence-corrected chi connectivity index (χ3v) is 4.37. The fourth-order valence-corrected chi connectivity index (χ4v) is 3.08. The monoisotopic (exact) mass is 345 g/mol. The van der Waals surface area contributed by atoms with Crippen LogP contribution in [0.3, 0.4) is 0 Å². The summed E-state index contributed by atoms with van der Waals surface area (Å²) in [7, 11) is 0. The second-order valence-electron chi connectivity index (χ2n) is 5.10. The maximum absolute atomic E-state index is 13.7. The summed E-state index contributed by atoms with van der Waals surface area (Å²) in [5, 5.41) is 0.675. The van der Waals surface area contributed by atoms with Crippen LogP contribution in [0.25, 0.3) is 16.3 Å². The minimum atomic E-state index is -0.821. The van der Waals surface area contributed by atoms with Gasteiger partial charge in [-0.2, -0.15) is 0 Å². The molecule has 0 saturated carbocycles. The molecule has 2 aromatic carbocycles. The lowest BCUT2D eigenvalue weighted by atomic mass is 10.1. The average Bonchev–Trinajstić information content (AvgIpc) is 2.95. The first-order valence-corrected chi connectivity index (χ1v) is 8.04. The lowest BCUT2D eigenvalue weighted by Gasteiger charge is -2.12. The Morgan fingerprint density at radius 1 is 1.25 bits per heavy atom. The second kappa shape index (κ2) is 6.88. The van der Waals surface area contributed by atoms with Crippen molar-refractivity contribution in [3.05, 3.63) is 70.7 Å². The number of rotatable bonds is 4. The molecule has 0 aliphatic heterocycles. The Balaban J connectivity index is 1.68. The van der Waals surface area contributed by atoms with Crippen molar-refractivity contribution >= 4 is 33.6 Å². The summed E-state index contributed by atoms with van der Waals surface area (Å²) in [6.07, 6.45) is 1.98. The van der Waals surface area contributed by atoms with Gasteiger partial charge < -0.3 is 4.74 Å². The molecule has 3 aromatic rings. The van der Waals surface area contributed by atoms with Crippen molar-refractivity contribution in [3.63, 3.8) is 0 Å². The van der Waals surface area contributed by atoms with Gasteiger partial charge in [0.25, 0.3) is 0 Å². The second-order valence-corrected chi connectivity index (χ2v) is 6.16. The zero-order chi connectivity index (χ0) is 17.1. The average molecular weight is 345 g/mol. The highest BCUT2D eigenvalue weighted by Crippen LogP contribution is 2.23. The first-order valence-electron chi connectivity index (χ1n) is 7.22. The molecule has 1 atom stereocenters. The molecule has 0 fully saturated rings. The fourth-order valence-electron chi connectivity index (χ4n) is 2.21. The van der Waals surface area contributed by atoms with E-state index in [9.17, 15) is 13.6 Å². The zero-order valence-electron chi connectivity index (χ0n) is 12.7. The molecule has 0 bridgehead atoms. The smallest absolute Gasteiger partial charge is 0.331 e. The highest BCUT2D eigenvalue weighted by Gasteiger charge is 2.15. The number of para-hydroxylation sites is 1. The van der Waals surface area contributed by atoms with Gasteiger partial charge in [0, 0.05) is 17.7 Å². The highest BCUT2D eigenvalue weighted by molar-refractivity contribution is 7.19. The molecular weight excluding hydrogens is 332 g/mol. The number of nitrogens with zero attached hydrogens (tertiary/aromatic N) is 1. The van der Waals surface area contributed by atoms with Crippen LogP contribution < -0.4 is 0 Å². The minimum absolute atomic E-state index is 0.123. The number of halogens is 2. The van der Waals surface area contributed by atoms with E-state index in [1.165, 1.54) is 30.4 Å². The molecular formula is C18H13F2NO2S. The molecule has 6 heteroatoms. The molecule has 1 heterocycles. The molecule has 0 aliphatic rings. The van der Waals surface area contributed by atoms with Gasteiger partial charge in [0.1, 0.15) is 22.7 Å². The van der Waals surface area contributed by atoms with Crippen LogP contribution in [0.15, 0.2) is 48.5 Å². The van der Waals surface area contributed by atoms with Crippen molar-refractivity contribution in [1.29, 1.82) is 0 Å². The van der Waals surface area contributed by atoms with Crippen LogP contribution >= 0.6 is 11.3 Å². The number of benzene rings is 2. The maximum atomic E-state index is 13.7. The third kappa shape index (κ3) is 3.65. The number of fused-ring (bicyclic) bond motifs is 1. The van der Waals surface area contributed by atoms with E-state index >= 15 is 0 Å². The van der Waals surface area contributed by atoms with Crippen LogP contribution in [0, 0.1) is 11.6 Å². The van der Waals surface area contributed by atoms with Crippen molar-refractivity contribution in [3.8, 4) is 0 Å². The van der Waals surface area contributed by atoms with E-state index in [0.29, 0.717) is 5.01 Å². The number of carbonyl (C=O) groups is 1. The molecule has 24 heavy (non-hydrogen) atoms. The molecule has 0 aliphatic carbocycles. The number of thiazole rings is 1. The predicted molar refractivity (Wildman–Crippen MR) is 89.5 cm³/mol. The lowest BCUT2D eigenvalue weighted by molar-refractivity contribution is -0.142. The number of ether oxygens (including phenoxy) is 1. The van der Waals surface area contributed by atoms with Gasteiger partial charge in [-0.05, 0) is 37.3 Å². The van der Waals surface area contributed by atoms with Crippen LogP contribution in [0.5, 0.6) is 0 Å². The van der Waals surface area contributed by atoms with Crippen molar-refractivity contribution in [2.24, 2.45) is 0 Å². The lowest BCUT2D eigenvalue weighted by Crippen LogP contribution is -2.08. The van der Waals surface area contributed by atoms with Crippen LogP contribution in [-0.4, -0.2) is 11.0 Å². The first kappa shape index (κ1) is 16.3. The molecule has 0 spiro atoms. The molecule has 3 nitrogen and oxygen atoms in total. The highest BCUT2D eigenvalue weighted by atomic mass is 32.1. The van der Waals surface area contributed by atoms with Gasteiger partial charge in [-0.1, -0.05) is 12.1 Å². The van der Waals surface area contributed by atoms with Gasteiger partial charge in [0.2, 0.25) is 0 Å². The van der Waals surface area contributed by atoms with Crippen molar-refractivity contribution in [2.45, 2.75) is 13.0 Å². The van der Waals surface area contributed by atoms with Crippen molar-refractivity contribution in [2.75, 3.05) is 0 Å². The zero-order valence-corrected chi connectivity index (χ0v) is 13.5. The predicted octanol–water partition coefficient (Wildman–Crippen LogP) is 4.89. The maximum Gasteiger partial charge on any atom is 0.331 e. The molecule has 1 aromatic heterocycles. The van der Waals surface area contributed by atoms with Gasteiger partial charge in [0.05, 0.1) is 10.2 Å². The molecule has 0 saturated heterocycles. The quantitative estimate of drug-likeness (QED) is 0.499. The normalized spacial score (nSPS) is 12.6. The fraction of sp³-hybridized carbons (Fsp3) is 0.111. The van der Waals surface area contributed by atoms with E-state index in [-0.39, 0.29) is 5.56 Å². The number of hydrogen-bond donors (Lipinski definition) is 0. The number of esters is 1. The Bertz CT molecular complexity index is 887. The van der Waals surface area contributed by atoms with Gasteiger partial charge in [-0.25, -0.2) is 18.6 Å². The van der Waals surface area contributed by atoms with E-state index in [4.69, 9.17) is 4.74 Å². The molecule has 3 rings (SSSR count). The summed E-state index contributed by atoms with van der Waals surface area (Å²) < 4.78 is 32.7. The Morgan fingerprint density at radius 3 is 2.79 bits per heavy atom. The van der Waals surface area contributed by atoms with E-state index < -0.39 is 23.7 Å². The van der Waals surface area contributed by atoms with Gasteiger partial charge in [0.15, 0.2) is 0 Å². The summed E-state index contributed by atoms with van der Waals surface area (Å²) in [6.45, 7) is 1.53. The topological polar surface area (TPSA) is 39.2 Å². The molecule has 0 N–H and O–H groups in total. The summed E-state index contributed by atoms with van der Waals surface area (Å²) in [4.78, 5) is 16.2. The van der Waals surface area contributed by atoms with E-state index in [0.717, 1.165) is 22.3 Å². The summed E-state index contributed by atoms with van der Waals surface area (Å²) in [5.74, 6) is -2.04. The number of carbonyl (C=O) groups excluding carboxylic acids is 1. The SMILES string of the molecule is CC(OC(=O)/C=C/c1nc2ccccc2s1)c1ccc(F)cc1F. The van der Waals surface area contributed by atoms with E-state index in [2.05, 4.69) is 4.98 Å². The van der Waals surface area contributed by atoms with Crippen LogP contribution in [0.4, 0.5) is 8.78 Å². The summed E-state index contributed by atoms with van der Waals surface area (Å²) >= 11 is 1.45. The van der Waals surface area contributed by atoms with E-state index in [1.807, 2.05) is 24.3 Å². The molecule has 1 unspecified atom stereocenters. The Kier molecular flexibility index (Phi) is 4.66. The Hall–Kier alpha value is -2.60.